The van der Waals surface area contributed by atoms with Gasteiger partial charge < -0.3 is 20.7 Å². The lowest BCUT2D eigenvalue weighted by molar-refractivity contribution is -0.122. The van der Waals surface area contributed by atoms with E-state index < -0.39 is 12.0 Å². The number of amides is 3. The topological polar surface area (TPSA) is 96.5 Å². The highest BCUT2D eigenvalue weighted by Gasteiger charge is 2.23. The summed E-state index contributed by atoms with van der Waals surface area (Å²) in [6.07, 6.45) is 1.01. The van der Waals surface area contributed by atoms with Gasteiger partial charge in [0.05, 0.1) is 5.69 Å². The van der Waals surface area contributed by atoms with Crippen LogP contribution in [0.3, 0.4) is 0 Å². The van der Waals surface area contributed by atoms with Gasteiger partial charge in [0.2, 0.25) is 5.91 Å². The van der Waals surface area contributed by atoms with Crippen molar-refractivity contribution < 1.29 is 19.1 Å². The lowest BCUT2D eigenvalue weighted by Gasteiger charge is -2.23. The first kappa shape index (κ1) is 18.2. The van der Waals surface area contributed by atoms with Crippen LogP contribution in [0.1, 0.15) is 19.4 Å². The van der Waals surface area contributed by atoms with Crippen LogP contribution in [0.2, 0.25) is 0 Å². The second kappa shape index (κ2) is 7.74. The zero-order valence-electron chi connectivity index (χ0n) is 14.9. The molecule has 0 bridgehead atoms. The Bertz CT molecular complexity index is 922. The molecule has 0 fully saturated rings. The van der Waals surface area contributed by atoms with Crippen molar-refractivity contribution >= 4 is 35.2 Å². The Morgan fingerprint density at radius 1 is 1.15 bits per heavy atom. The average molecular weight is 365 g/mol. The summed E-state index contributed by atoms with van der Waals surface area (Å²) in [5, 5.41) is 7.98. The van der Waals surface area contributed by atoms with Gasteiger partial charge in [0.15, 0.2) is 6.10 Å². The van der Waals surface area contributed by atoms with Crippen LogP contribution in [-0.2, 0) is 14.4 Å². The molecule has 7 nitrogen and oxygen atoms in total. The van der Waals surface area contributed by atoms with Crippen LogP contribution >= 0.6 is 0 Å². The van der Waals surface area contributed by atoms with Gasteiger partial charge in [-0.25, -0.2) is 0 Å². The summed E-state index contributed by atoms with van der Waals surface area (Å²) in [7, 11) is 0. The molecule has 3 N–H and O–H groups in total. The van der Waals surface area contributed by atoms with E-state index in [9.17, 15) is 14.4 Å². The van der Waals surface area contributed by atoms with E-state index in [-0.39, 0.29) is 17.5 Å². The van der Waals surface area contributed by atoms with Gasteiger partial charge in [-0.1, -0.05) is 30.3 Å². The third-order valence-corrected chi connectivity index (χ3v) is 3.83. The Balaban J connectivity index is 1.82. The smallest absolute Gasteiger partial charge is 0.272 e. The molecular weight excluding hydrogens is 346 g/mol. The third-order valence-electron chi connectivity index (χ3n) is 3.83. The standard InChI is InChI=1S/C20H19N3O4/c1-12-19(25)23-16-11-15(8-9-18(16)27-12)22-20(26)17(21-13(2)24)10-14-6-4-3-5-7-14/h3-12H,1-2H3,(H,21,24)(H,22,26)(H,23,25)/b17-10-/t12-/m0/s1. The Morgan fingerprint density at radius 3 is 2.59 bits per heavy atom. The molecule has 3 rings (SSSR count). The second-order valence-corrected chi connectivity index (χ2v) is 6.06. The van der Waals surface area contributed by atoms with Crippen molar-refractivity contribution in [2.45, 2.75) is 20.0 Å². The maximum Gasteiger partial charge on any atom is 0.272 e. The van der Waals surface area contributed by atoms with Crippen molar-refractivity contribution in [3.05, 3.63) is 59.8 Å². The maximum absolute atomic E-state index is 12.6. The fourth-order valence-corrected chi connectivity index (χ4v) is 2.55. The molecule has 0 unspecified atom stereocenters. The number of nitrogens with one attached hydrogen (secondary N) is 3. The molecule has 1 atom stereocenters. The van der Waals surface area contributed by atoms with Crippen LogP contribution in [0, 0.1) is 0 Å². The van der Waals surface area contributed by atoms with E-state index in [1.807, 2.05) is 30.3 Å². The zero-order chi connectivity index (χ0) is 19.4. The van der Waals surface area contributed by atoms with Gasteiger partial charge in [-0.15, -0.1) is 0 Å². The fraction of sp³-hybridized carbons (Fsp3) is 0.150. The quantitative estimate of drug-likeness (QED) is 0.726. The summed E-state index contributed by atoms with van der Waals surface area (Å²) >= 11 is 0. The van der Waals surface area contributed by atoms with Gasteiger partial charge >= 0.3 is 0 Å². The summed E-state index contributed by atoms with van der Waals surface area (Å²) in [6, 6.07) is 14.1. The highest BCUT2D eigenvalue weighted by atomic mass is 16.5. The number of carbonyl (C=O) groups is 3. The largest absolute Gasteiger partial charge is 0.479 e. The Hall–Kier alpha value is -3.61. The highest BCUT2D eigenvalue weighted by molar-refractivity contribution is 6.09. The summed E-state index contributed by atoms with van der Waals surface area (Å²) in [5.41, 5.74) is 1.82. The predicted octanol–water partition coefficient (Wildman–Crippen LogP) is 2.52. The van der Waals surface area contributed by atoms with Crippen LogP contribution in [-0.4, -0.2) is 23.8 Å². The summed E-state index contributed by atoms with van der Waals surface area (Å²) < 4.78 is 5.49. The van der Waals surface area contributed by atoms with E-state index >= 15 is 0 Å². The van der Waals surface area contributed by atoms with Gasteiger partial charge in [-0.05, 0) is 36.8 Å². The predicted molar refractivity (Wildman–Crippen MR) is 102 cm³/mol. The SMILES string of the molecule is CC(=O)N/C(=C\c1ccccc1)C(=O)Nc1ccc2c(c1)NC(=O)[C@H](C)O2. The van der Waals surface area contributed by atoms with E-state index in [1.165, 1.54) is 6.92 Å². The van der Waals surface area contributed by atoms with Crippen LogP contribution < -0.4 is 20.7 Å². The van der Waals surface area contributed by atoms with Crippen LogP contribution in [0.5, 0.6) is 5.75 Å². The van der Waals surface area contributed by atoms with Crippen LogP contribution in [0.25, 0.3) is 6.08 Å². The number of anilines is 2. The molecule has 2 aromatic rings. The molecule has 7 heteroatoms. The van der Waals surface area contributed by atoms with Crippen molar-refractivity contribution in [3.8, 4) is 5.75 Å². The van der Waals surface area contributed by atoms with Gasteiger partial charge in [0.1, 0.15) is 11.4 Å². The van der Waals surface area contributed by atoms with Crippen molar-refractivity contribution in [2.24, 2.45) is 0 Å². The zero-order valence-corrected chi connectivity index (χ0v) is 14.9. The molecule has 1 heterocycles. The number of benzene rings is 2. The van der Waals surface area contributed by atoms with Gasteiger partial charge in [-0.3, -0.25) is 14.4 Å². The Labute approximate surface area is 156 Å². The van der Waals surface area contributed by atoms with Crippen molar-refractivity contribution in [1.82, 2.24) is 5.32 Å². The number of hydrogen-bond donors (Lipinski definition) is 3. The monoisotopic (exact) mass is 365 g/mol. The number of fused-ring (bicyclic) bond motifs is 1. The minimum Gasteiger partial charge on any atom is -0.479 e. The first-order valence-electron chi connectivity index (χ1n) is 8.39. The molecule has 2 aromatic carbocycles. The molecule has 3 amide bonds. The molecule has 1 aliphatic rings. The summed E-state index contributed by atoms with van der Waals surface area (Å²) in [6.45, 7) is 2.99. The molecule has 138 valence electrons. The molecule has 0 saturated carbocycles. The van der Waals surface area contributed by atoms with Gasteiger partial charge in [0.25, 0.3) is 11.8 Å². The summed E-state index contributed by atoms with van der Waals surface area (Å²) in [4.78, 5) is 35.8. The molecule has 0 radical (unpaired) electrons. The first-order valence-corrected chi connectivity index (χ1v) is 8.39. The Morgan fingerprint density at radius 2 is 1.89 bits per heavy atom. The van der Waals surface area contributed by atoms with Crippen molar-refractivity contribution in [1.29, 1.82) is 0 Å². The molecule has 0 saturated heterocycles. The second-order valence-electron chi connectivity index (χ2n) is 6.06. The lowest BCUT2D eigenvalue weighted by atomic mass is 10.1. The highest BCUT2D eigenvalue weighted by Crippen LogP contribution is 2.32. The van der Waals surface area contributed by atoms with E-state index in [0.29, 0.717) is 17.1 Å². The molecule has 1 aliphatic heterocycles. The number of rotatable bonds is 4. The maximum atomic E-state index is 12.6. The van der Waals surface area contributed by atoms with Crippen molar-refractivity contribution in [2.75, 3.05) is 10.6 Å². The van der Waals surface area contributed by atoms with Crippen molar-refractivity contribution in [3.63, 3.8) is 0 Å². The van der Waals surface area contributed by atoms with Gasteiger partial charge in [0, 0.05) is 12.6 Å². The normalized spacial score (nSPS) is 15.9. The van der Waals surface area contributed by atoms with E-state index in [2.05, 4.69) is 16.0 Å². The van der Waals surface area contributed by atoms with E-state index in [0.717, 1.165) is 5.56 Å². The molecule has 0 spiro atoms. The third kappa shape index (κ3) is 4.52. The summed E-state index contributed by atoms with van der Waals surface area (Å²) in [5.74, 6) is -0.561. The Kier molecular flexibility index (Phi) is 5.21. The van der Waals surface area contributed by atoms with E-state index in [4.69, 9.17) is 4.74 Å². The molecule has 0 aliphatic carbocycles. The minimum atomic E-state index is -0.571. The van der Waals surface area contributed by atoms with Crippen LogP contribution in [0.4, 0.5) is 11.4 Å². The molecule has 27 heavy (non-hydrogen) atoms. The number of hydrogen-bond acceptors (Lipinski definition) is 4. The first-order chi connectivity index (χ1) is 12.9. The number of ether oxygens (including phenoxy) is 1. The molecule has 0 aromatic heterocycles. The minimum absolute atomic E-state index is 0.111. The van der Waals surface area contributed by atoms with Gasteiger partial charge in [-0.2, -0.15) is 0 Å². The average Bonchev–Trinajstić information content (AvgIpc) is 2.63. The number of carbonyl (C=O) groups excluding carboxylic acids is 3. The lowest BCUT2D eigenvalue weighted by Crippen LogP contribution is -2.34. The van der Waals surface area contributed by atoms with E-state index in [1.54, 1.807) is 31.2 Å². The fourth-order valence-electron chi connectivity index (χ4n) is 2.55. The molecular formula is C20H19N3O4. The van der Waals surface area contributed by atoms with Crippen LogP contribution in [0.15, 0.2) is 54.2 Å².